The second kappa shape index (κ2) is 7.19. The summed E-state index contributed by atoms with van der Waals surface area (Å²) in [6, 6.07) is 10.4. The standard InChI is InChI=1S/C16H17N3O2/c1-2-6-15(20)19-14-9-4-3-8-13(14)16(21)18-12-7-5-10-17-11-12/h3-5,7-11H,2,6H2,1H3,(H,18,21)(H,19,20). The fraction of sp³-hybridized carbons (Fsp3) is 0.188. The number of amides is 2. The highest BCUT2D eigenvalue weighted by molar-refractivity contribution is 6.10. The third-order valence-electron chi connectivity index (χ3n) is 2.84. The van der Waals surface area contributed by atoms with Gasteiger partial charge in [-0.1, -0.05) is 19.1 Å². The highest BCUT2D eigenvalue weighted by atomic mass is 16.2. The number of para-hydroxylation sites is 1. The molecule has 0 saturated carbocycles. The van der Waals surface area contributed by atoms with Gasteiger partial charge >= 0.3 is 0 Å². The summed E-state index contributed by atoms with van der Waals surface area (Å²) in [5.41, 5.74) is 1.54. The minimum absolute atomic E-state index is 0.0980. The van der Waals surface area contributed by atoms with Gasteiger partial charge < -0.3 is 10.6 Å². The highest BCUT2D eigenvalue weighted by Gasteiger charge is 2.12. The van der Waals surface area contributed by atoms with Crippen molar-refractivity contribution in [3.05, 3.63) is 54.4 Å². The molecule has 5 heteroatoms. The predicted molar refractivity (Wildman–Crippen MR) is 82.2 cm³/mol. The Bertz CT molecular complexity index is 626. The van der Waals surface area contributed by atoms with Gasteiger partial charge in [0.25, 0.3) is 5.91 Å². The molecule has 2 rings (SSSR count). The second-order valence-corrected chi connectivity index (χ2v) is 4.54. The van der Waals surface area contributed by atoms with E-state index < -0.39 is 0 Å². The van der Waals surface area contributed by atoms with Crippen molar-refractivity contribution in [3.8, 4) is 0 Å². The lowest BCUT2D eigenvalue weighted by atomic mass is 10.1. The minimum atomic E-state index is -0.282. The highest BCUT2D eigenvalue weighted by Crippen LogP contribution is 2.17. The van der Waals surface area contributed by atoms with E-state index in [2.05, 4.69) is 15.6 Å². The lowest BCUT2D eigenvalue weighted by molar-refractivity contribution is -0.116. The molecule has 0 unspecified atom stereocenters. The van der Waals surface area contributed by atoms with E-state index in [1.165, 1.54) is 0 Å². The van der Waals surface area contributed by atoms with Crippen LogP contribution in [0.5, 0.6) is 0 Å². The van der Waals surface area contributed by atoms with Crippen LogP contribution in [0.15, 0.2) is 48.8 Å². The summed E-state index contributed by atoms with van der Waals surface area (Å²) in [6.07, 6.45) is 4.39. The molecular formula is C16H17N3O2. The first-order valence-corrected chi connectivity index (χ1v) is 6.81. The molecule has 5 nitrogen and oxygen atoms in total. The monoisotopic (exact) mass is 283 g/mol. The van der Waals surface area contributed by atoms with E-state index in [9.17, 15) is 9.59 Å². The third-order valence-corrected chi connectivity index (χ3v) is 2.84. The van der Waals surface area contributed by atoms with Gasteiger partial charge in [-0.2, -0.15) is 0 Å². The minimum Gasteiger partial charge on any atom is -0.325 e. The molecule has 21 heavy (non-hydrogen) atoms. The van der Waals surface area contributed by atoms with Gasteiger partial charge in [-0.15, -0.1) is 0 Å². The number of carbonyl (C=O) groups is 2. The quantitative estimate of drug-likeness (QED) is 0.885. The number of anilines is 2. The van der Waals surface area contributed by atoms with Crippen molar-refractivity contribution >= 4 is 23.2 Å². The van der Waals surface area contributed by atoms with E-state index in [-0.39, 0.29) is 11.8 Å². The second-order valence-electron chi connectivity index (χ2n) is 4.54. The van der Waals surface area contributed by atoms with Gasteiger partial charge in [0.15, 0.2) is 0 Å². The first-order valence-electron chi connectivity index (χ1n) is 6.81. The van der Waals surface area contributed by atoms with Crippen LogP contribution in [0.1, 0.15) is 30.1 Å². The molecule has 2 aromatic rings. The van der Waals surface area contributed by atoms with Crippen molar-refractivity contribution in [1.29, 1.82) is 0 Å². The lowest BCUT2D eigenvalue weighted by Crippen LogP contribution is -2.17. The summed E-state index contributed by atoms with van der Waals surface area (Å²) in [6.45, 7) is 1.93. The van der Waals surface area contributed by atoms with Crippen LogP contribution in [0.4, 0.5) is 11.4 Å². The number of rotatable bonds is 5. The molecule has 2 amide bonds. The average molecular weight is 283 g/mol. The van der Waals surface area contributed by atoms with Crippen LogP contribution in [0, 0.1) is 0 Å². The Hall–Kier alpha value is -2.69. The lowest BCUT2D eigenvalue weighted by Gasteiger charge is -2.11. The normalized spacial score (nSPS) is 9.95. The number of nitrogens with one attached hydrogen (secondary N) is 2. The molecule has 0 aliphatic heterocycles. The number of carbonyl (C=O) groups excluding carboxylic acids is 2. The molecule has 0 aliphatic rings. The van der Waals surface area contributed by atoms with Crippen molar-refractivity contribution < 1.29 is 9.59 Å². The van der Waals surface area contributed by atoms with Crippen LogP contribution in [0.2, 0.25) is 0 Å². The molecule has 0 fully saturated rings. The van der Waals surface area contributed by atoms with Crippen molar-refractivity contribution in [2.75, 3.05) is 10.6 Å². The van der Waals surface area contributed by atoms with E-state index in [1.54, 1.807) is 48.8 Å². The Labute approximate surface area is 123 Å². The average Bonchev–Trinajstić information content (AvgIpc) is 2.49. The summed E-state index contributed by atoms with van der Waals surface area (Å²) >= 11 is 0. The van der Waals surface area contributed by atoms with Gasteiger partial charge in [0.1, 0.15) is 0 Å². The van der Waals surface area contributed by atoms with E-state index in [0.29, 0.717) is 23.4 Å². The Morgan fingerprint density at radius 3 is 2.62 bits per heavy atom. The molecule has 1 heterocycles. The van der Waals surface area contributed by atoms with E-state index in [4.69, 9.17) is 0 Å². The van der Waals surface area contributed by atoms with Gasteiger partial charge in [0.05, 0.1) is 23.1 Å². The van der Waals surface area contributed by atoms with E-state index >= 15 is 0 Å². The van der Waals surface area contributed by atoms with Crippen LogP contribution in [0.3, 0.4) is 0 Å². The molecule has 1 aromatic heterocycles. The molecular weight excluding hydrogens is 266 g/mol. The van der Waals surface area contributed by atoms with Crippen molar-refractivity contribution in [3.63, 3.8) is 0 Å². The summed E-state index contributed by atoms with van der Waals surface area (Å²) in [7, 11) is 0. The van der Waals surface area contributed by atoms with Crippen LogP contribution >= 0.6 is 0 Å². The maximum Gasteiger partial charge on any atom is 0.257 e. The smallest absolute Gasteiger partial charge is 0.257 e. The van der Waals surface area contributed by atoms with Gasteiger partial charge in [0.2, 0.25) is 5.91 Å². The predicted octanol–water partition coefficient (Wildman–Crippen LogP) is 3.07. The molecule has 108 valence electrons. The summed E-state index contributed by atoms with van der Waals surface area (Å²) < 4.78 is 0. The van der Waals surface area contributed by atoms with Crippen molar-refractivity contribution in [2.45, 2.75) is 19.8 Å². The Morgan fingerprint density at radius 2 is 1.90 bits per heavy atom. The van der Waals surface area contributed by atoms with Crippen molar-refractivity contribution in [1.82, 2.24) is 4.98 Å². The van der Waals surface area contributed by atoms with Crippen LogP contribution in [-0.2, 0) is 4.79 Å². The number of aromatic nitrogens is 1. The maximum absolute atomic E-state index is 12.3. The third kappa shape index (κ3) is 4.14. The molecule has 0 bridgehead atoms. The van der Waals surface area contributed by atoms with Gasteiger partial charge in [-0.25, -0.2) is 0 Å². The number of hydrogen-bond acceptors (Lipinski definition) is 3. The van der Waals surface area contributed by atoms with E-state index in [0.717, 1.165) is 6.42 Å². The molecule has 0 radical (unpaired) electrons. The molecule has 0 atom stereocenters. The topological polar surface area (TPSA) is 71.1 Å². The largest absolute Gasteiger partial charge is 0.325 e. The zero-order valence-electron chi connectivity index (χ0n) is 11.8. The number of benzene rings is 1. The van der Waals surface area contributed by atoms with Gasteiger partial charge in [-0.05, 0) is 30.7 Å². The number of pyridine rings is 1. The Morgan fingerprint density at radius 1 is 1.10 bits per heavy atom. The summed E-state index contributed by atoms with van der Waals surface area (Å²) in [4.78, 5) is 27.9. The Balaban J connectivity index is 2.15. The molecule has 0 saturated heterocycles. The molecule has 0 spiro atoms. The molecule has 0 aliphatic carbocycles. The Kier molecular flexibility index (Phi) is 5.04. The first-order chi connectivity index (χ1) is 10.2. The number of hydrogen-bond donors (Lipinski definition) is 2. The summed E-state index contributed by atoms with van der Waals surface area (Å²) in [5, 5.41) is 5.51. The zero-order valence-corrected chi connectivity index (χ0v) is 11.8. The SMILES string of the molecule is CCCC(=O)Nc1ccccc1C(=O)Nc1cccnc1. The zero-order chi connectivity index (χ0) is 15.1. The number of nitrogens with zero attached hydrogens (tertiary/aromatic N) is 1. The van der Waals surface area contributed by atoms with Crippen molar-refractivity contribution in [2.24, 2.45) is 0 Å². The summed E-state index contributed by atoms with van der Waals surface area (Å²) in [5.74, 6) is -0.380. The van der Waals surface area contributed by atoms with E-state index in [1.807, 2.05) is 6.92 Å². The van der Waals surface area contributed by atoms with Crippen LogP contribution in [-0.4, -0.2) is 16.8 Å². The first kappa shape index (κ1) is 14.7. The van der Waals surface area contributed by atoms with Gasteiger partial charge in [0, 0.05) is 12.6 Å². The fourth-order valence-corrected chi connectivity index (χ4v) is 1.87. The maximum atomic E-state index is 12.3. The fourth-order valence-electron chi connectivity index (χ4n) is 1.87. The van der Waals surface area contributed by atoms with Crippen LogP contribution in [0.25, 0.3) is 0 Å². The van der Waals surface area contributed by atoms with Crippen LogP contribution < -0.4 is 10.6 Å². The van der Waals surface area contributed by atoms with Gasteiger partial charge in [-0.3, -0.25) is 14.6 Å². The molecule has 1 aromatic carbocycles. The molecule has 2 N–H and O–H groups in total.